The maximum absolute atomic E-state index is 13.3. The van der Waals surface area contributed by atoms with E-state index in [1.165, 1.54) is 6.92 Å². The monoisotopic (exact) mass is 518 g/mol. The van der Waals surface area contributed by atoms with Crippen LogP contribution in [0, 0.1) is 28.6 Å². The van der Waals surface area contributed by atoms with Crippen molar-refractivity contribution in [3.63, 3.8) is 0 Å². The highest BCUT2D eigenvalue weighted by atomic mass is 16.6. The Morgan fingerprint density at radius 2 is 1.87 bits per heavy atom. The van der Waals surface area contributed by atoms with E-state index in [1.54, 1.807) is 24.3 Å². The maximum atomic E-state index is 13.3. The van der Waals surface area contributed by atoms with Crippen LogP contribution in [0.2, 0.25) is 0 Å². The average molecular weight is 519 g/mol. The topological polar surface area (TPSA) is 102 Å². The van der Waals surface area contributed by atoms with Crippen molar-refractivity contribution >= 4 is 17.7 Å². The zero-order valence-corrected chi connectivity index (χ0v) is 22.2. The van der Waals surface area contributed by atoms with Gasteiger partial charge in [0.05, 0.1) is 11.7 Å². The van der Waals surface area contributed by atoms with Crippen LogP contribution in [-0.2, 0) is 23.8 Å². The summed E-state index contributed by atoms with van der Waals surface area (Å²) in [7, 11) is 0. The Hall–Kier alpha value is -3.03. The molecule has 3 fully saturated rings. The van der Waals surface area contributed by atoms with E-state index in [-0.39, 0.29) is 23.9 Å². The molecule has 2 unspecified atom stereocenters. The van der Waals surface area contributed by atoms with Crippen molar-refractivity contribution in [3.8, 4) is 0 Å². The van der Waals surface area contributed by atoms with Crippen molar-refractivity contribution in [3.05, 3.63) is 71.5 Å². The van der Waals surface area contributed by atoms with Gasteiger partial charge in [0.15, 0.2) is 6.61 Å². The third-order valence-electron chi connectivity index (χ3n) is 10.3. The van der Waals surface area contributed by atoms with Gasteiger partial charge in [-0.1, -0.05) is 44.2 Å². The summed E-state index contributed by atoms with van der Waals surface area (Å²) in [6.07, 6.45) is 9.96. The minimum absolute atomic E-state index is 0.0619. The van der Waals surface area contributed by atoms with Crippen LogP contribution in [0.3, 0.4) is 0 Å². The van der Waals surface area contributed by atoms with Gasteiger partial charge >= 0.3 is 11.9 Å². The number of carbonyl (C=O) groups excluding carboxylic acids is 3. The second-order valence-corrected chi connectivity index (χ2v) is 12.1. The fourth-order valence-electron chi connectivity index (χ4n) is 8.41. The van der Waals surface area contributed by atoms with E-state index in [4.69, 9.17) is 14.2 Å². The quantitative estimate of drug-likeness (QED) is 0.458. The van der Waals surface area contributed by atoms with Gasteiger partial charge in [-0.2, -0.15) is 0 Å². The summed E-state index contributed by atoms with van der Waals surface area (Å²) in [6.45, 7) is 6.96. The summed E-state index contributed by atoms with van der Waals surface area (Å²) >= 11 is 0. The molecule has 1 aliphatic heterocycles. The van der Waals surface area contributed by atoms with Crippen LogP contribution in [0.15, 0.2) is 66.0 Å². The predicted octanol–water partition coefficient (Wildman–Crippen LogP) is 4.32. The molecule has 5 aliphatic rings. The summed E-state index contributed by atoms with van der Waals surface area (Å²) < 4.78 is 17.3. The van der Waals surface area contributed by atoms with Crippen LogP contribution >= 0.6 is 0 Å². The number of hydrogen-bond donors (Lipinski definition) is 1. The Morgan fingerprint density at radius 3 is 2.58 bits per heavy atom. The first-order valence-electron chi connectivity index (χ1n) is 13.4. The summed E-state index contributed by atoms with van der Waals surface area (Å²) in [5.41, 5.74) is -1.58. The van der Waals surface area contributed by atoms with Gasteiger partial charge in [0.1, 0.15) is 17.0 Å². The number of ketones is 1. The third kappa shape index (κ3) is 3.18. The van der Waals surface area contributed by atoms with Gasteiger partial charge < -0.3 is 19.3 Å². The number of epoxide rings is 1. The van der Waals surface area contributed by atoms with Gasteiger partial charge in [-0.25, -0.2) is 4.79 Å². The van der Waals surface area contributed by atoms with Crippen molar-refractivity contribution in [2.75, 3.05) is 6.61 Å². The minimum atomic E-state index is -1.59. The molecule has 1 aromatic carbocycles. The van der Waals surface area contributed by atoms with E-state index in [1.807, 2.05) is 32.1 Å². The number of Topliss-reactive ketones (excluding diaryl/α,β-unsaturated/α-hetero) is 1. The highest BCUT2D eigenvalue weighted by Crippen LogP contribution is 2.75. The predicted molar refractivity (Wildman–Crippen MR) is 138 cm³/mol. The summed E-state index contributed by atoms with van der Waals surface area (Å²) in [4.78, 5) is 37.3. The number of benzene rings is 1. The van der Waals surface area contributed by atoms with Crippen LogP contribution in [0.25, 0.3) is 0 Å². The van der Waals surface area contributed by atoms with Gasteiger partial charge in [0.2, 0.25) is 5.78 Å². The van der Waals surface area contributed by atoms with Crippen LogP contribution in [-0.4, -0.2) is 46.7 Å². The molecule has 0 radical (unpaired) electrons. The molecule has 8 atom stereocenters. The molecule has 7 heteroatoms. The lowest BCUT2D eigenvalue weighted by Gasteiger charge is -2.54. The molecule has 1 heterocycles. The Labute approximate surface area is 222 Å². The number of hydrogen-bond acceptors (Lipinski definition) is 7. The van der Waals surface area contributed by atoms with Gasteiger partial charge in [-0.15, -0.1) is 0 Å². The smallest absolute Gasteiger partial charge is 0.343 e. The molecule has 6 rings (SSSR count). The fourth-order valence-corrected chi connectivity index (χ4v) is 8.41. The van der Waals surface area contributed by atoms with E-state index in [0.717, 1.165) is 12.0 Å². The maximum Gasteiger partial charge on any atom is 0.343 e. The lowest BCUT2D eigenvalue weighted by molar-refractivity contribution is -0.170. The molecule has 0 aromatic heterocycles. The third-order valence-corrected chi connectivity index (χ3v) is 10.3. The Balaban J connectivity index is 1.29. The fraction of sp³-hybridized carbons (Fsp3) is 0.516. The van der Waals surface area contributed by atoms with Crippen LogP contribution in [0.5, 0.6) is 0 Å². The van der Waals surface area contributed by atoms with Gasteiger partial charge in [-0.05, 0) is 73.8 Å². The van der Waals surface area contributed by atoms with E-state index in [2.05, 4.69) is 19.1 Å². The number of carbonyl (C=O) groups is 3. The highest BCUT2D eigenvalue weighted by Gasteiger charge is 2.81. The van der Waals surface area contributed by atoms with Crippen molar-refractivity contribution < 1.29 is 33.7 Å². The molecule has 1 spiro atoms. The number of ether oxygens (including phenoxy) is 3. The number of fused-ring (bicyclic) bond motifs is 3. The van der Waals surface area contributed by atoms with Crippen molar-refractivity contribution in [1.82, 2.24) is 0 Å². The number of rotatable bonds is 5. The van der Waals surface area contributed by atoms with Crippen LogP contribution in [0.1, 0.15) is 57.3 Å². The molecule has 1 aromatic rings. The standard InChI is InChI=1S/C31H34O7/c1-18-14-24-23-11-10-21-15-22(37-27(34)20-8-6-5-7-9-20)12-13-28(21,3)31(23)26(38-31)16-29(24,4)30(18,35)25(33)17-36-19(2)32/h5-10,12-13,15,18,23-24,26,35H,11,14,16-17H2,1-4H3/t18-,23?,24?,26+,28-,29-,30-,31+/m0/s1. The lowest BCUT2D eigenvalue weighted by Crippen LogP contribution is -2.62. The zero-order chi connectivity index (χ0) is 27.1. The first-order valence-corrected chi connectivity index (χ1v) is 13.4. The zero-order valence-electron chi connectivity index (χ0n) is 22.2. The second kappa shape index (κ2) is 8.23. The molecule has 0 amide bonds. The number of allylic oxidation sites excluding steroid dienone is 3. The van der Waals surface area contributed by atoms with Gasteiger partial charge in [0.25, 0.3) is 0 Å². The van der Waals surface area contributed by atoms with E-state index >= 15 is 0 Å². The molecule has 7 nitrogen and oxygen atoms in total. The molecule has 38 heavy (non-hydrogen) atoms. The Kier molecular flexibility index (Phi) is 5.47. The SMILES string of the molecule is CC(=O)OCC(=O)[C@@]1(O)[C@@H](C)CC2C3CC=C4C=C(OC(=O)c5ccccc5)C=C[C@]4(C)[C@@]34O[C@@H]4C[C@@]21C. The van der Waals surface area contributed by atoms with Crippen molar-refractivity contribution in [2.45, 2.75) is 64.3 Å². The van der Waals surface area contributed by atoms with E-state index in [0.29, 0.717) is 24.2 Å². The highest BCUT2D eigenvalue weighted by molar-refractivity contribution is 5.91. The molecule has 200 valence electrons. The van der Waals surface area contributed by atoms with Crippen LogP contribution in [0.4, 0.5) is 0 Å². The van der Waals surface area contributed by atoms with Gasteiger partial charge in [0, 0.05) is 17.8 Å². The molecular weight excluding hydrogens is 484 g/mol. The molecule has 2 saturated carbocycles. The van der Waals surface area contributed by atoms with Crippen LogP contribution < -0.4 is 0 Å². The summed E-state index contributed by atoms with van der Waals surface area (Å²) in [6, 6.07) is 8.92. The molecule has 1 N–H and O–H groups in total. The second-order valence-electron chi connectivity index (χ2n) is 12.1. The number of esters is 2. The molecular formula is C31H34O7. The van der Waals surface area contributed by atoms with Gasteiger partial charge in [-0.3, -0.25) is 9.59 Å². The molecule has 4 aliphatic carbocycles. The normalized spacial score (nSPS) is 41.9. The largest absolute Gasteiger partial charge is 0.458 e. The van der Waals surface area contributed by atoms with E-state index < -0.39 is 46.4 Å². The Bertz CT molecular complexity index is 1310. The minimum Gasteiger partial charge on any atom is -0.458 e. The Morgan fingerprint density at radius 1 is 1.13 bits per heavy atom. The number of aliphatic hydroxyl groups is 1. The van der Waals surface area contributed by atoms with Crippen molar-refractivity contribution in [2.24, 2.45) is 28.6 Å². The summed E-state index contributed by atoms with van der Waals surface area (Å²) in [5, 5.41) is 11.9. The average Bonchev–Trinajstić information content (AvgIpc) is 3.57. The lowest BCUT2D eigenvalue weighted by atomic mass is 9.48. The molecule has 0 bridgehead atoms. The van der Waals surface area contributed by atoms with Crippen molar-refractivity contribution in [1.29, 1.82) is 0 Å². The first kappa shape index (κ1) is 25.3. The molecule has 1 saturated heterocycles. The van der Waals surface area contributed by atoms with E-state index in [9.17, 15) is 19.5 Å². The summed E-state index contributed by atoms with van der Waals surface area (Å²) in [5.74, 6) is -0.955. The first-order chi connectivity index (χ1) is 18.0.